The van der Waals surface area contributed by atoms with Crippen molar-refractivity contribution >= 4 is 11.8 Å². The molecule has 0 aliphatic heterocycles. The molecule has 0 aliphatic carbocycles. The monoisotopic (exact) mass is 208 g/mol. The molecular weight excluding hydrogens is 192 g/mol. The van der Waals surface area contributed by atoms with Crippen molar-refractivity contribution in [2.75, 3.05) is 11.9 Å². The molecule has 1 atom stereocenters. The van der Waals surface area contributed by atoms with E-state index >= 15 is 0 Å². The smallest absolute Gasteiger partial charge is 0.411 e. The Balaban J connectivity index is 2.31. The van der Waals surface area contributed by atoms with E-state index in [4.69, 9.17) is 4.74 Å². The molecule has 0 saturated carbocycles. The summed E-state index contributed by atoms with van der Waals surface area (Å²) in [5, 5.41) is 2.60. The third-order valence-electron chi connectivity index (χ3n) is 2.10. The summed E-state index contributed by atoms with van der Waals surface area (Å²) >= 11 is 0. The highest BCUT2D eigenvalue weighted by Crippen LogP contribution is 2.05. The second kappa shape index (κ2) is 6.01. The van der Waals surface area contributed by atoms with Crippen LogP contribution in [0.2, 0.25) is 0 Å². The summed E-state index contributed by atoms with van der Waals surface area (Å²) in [6.45, 7) is 4.55. The lowest BCUT2D eigenvalue weighted by Crippen LogP contribution is -2.17. The fourth-order valence-corrected chi connectivity index (χ4v) is 0.926. The average Bonchev–Trinajstić information content (AvgIpc) is 2.27. The Morgan fingerprint density at radius 2 is 2.47 bits per heavy atom. The summed E-state index contributed by atoms with van der Waals surface area (Å²) in [5.74, 6) is 0.393. The molecule has 0 aliphatic rings. The van der Waals surface area contributed by atoms with E-state index in [-0.39, 0.29) is 0 Å². The fraction of sp³-hybridized carbons (Fsp3) is 0.455. The summed E-state index contributed by atoms with van der Waals surface area (Å²) in [4.78, 5) is 15.2. The Bertz CT molecular complexity index is 301. The normalized spacial score (nSPS) is 11.9. The van der Waals surface area contributed by atoms with E-state index in [1.54, 1.807) is 24.5 Å². The van der Waals surface area contributed by atoms with Crippen LogP contribution in [-0.4, -0.2) is 17.7 Å². The first kappa shape index (κ1) is 11.5. The van der Waals surface area contributed by atoms with Gasteiger partial charge in [-0.05, 0) is 18.1 Å². The molecule has 1 heterocycles. The molecule has 0 bridgehead atoms. The minimum atomic E-state index is -0.427. The number of aromatic nitrogens is 1. The van der Waals surface area contributed by atoms with E-state index < -0.39 is 6.09 Å². The summed E-state index contributed by atoms with van der Waals surface area (Å²) < 4.78 is 5.02. The quantitative estimate of drug-likeness (QED) is 0.827. The fourth-order valence-electron chi connectivity index (χ4n) is 0.926. The summed E-state index contributed by atoms with van der Waals surface area (Å²) in [5.41, 5.74) is 0.645. The van der Waals surface area contributed by atoms with Crippen LogP contribution in [-0.2, 0) is 4.74 Å². The van der Waals surface area contributed by atoms with Crippen LogP contribution in [0.5, 0.6) is 0 Å². The number of anilines is 1. The average molecular weight is 208 g/mol. The van der Waals surface area contributed by atoms with Crippen LogP contribution >= 0.6 is 0 Å². The van der Waals surface area contributed by atoms with Crippen molar-refractivity contribution in [3.63, 3.8) is 0 Å². The second-order valence-corrected chi connectivity index (χ2v) is 3.48. The SMILES string of the molecule is CC[C@@H](C)COC(=O)Nc1cccnc1. The van der Waals surface area contributed by atoms with Crippen LogP contribution in [0.25, 0.3) is 0 Å². The molecule has 82 valence electrons. The van der Waals surface area contributed by atoms with Crippen LogP contribution in [0.15, 0.2) is 24.5 Å². The standard InChI is InChI=1S/C11H16N2O2/c1-3-9(2)8-15-11(14)13-10-5-4-6-12-7-10/h4-7,9H,3,8H2,1-2H3,(H,13,14)/t9-/m1/s1. The lowest BCUT2D eigenvalue weighted by molar-refractivity contribution is 0.143. The van der Waals surface area contributed by atoms with E-state index in [1.807, 2.05) is 6.92 Å². The van der Waals surface area contributed by atoms with Gasteiger partial charge in [0.15, 0.2) is 0 Å². The first-order valence-electron chi connectivity index (χ1n) is 5.06. The predicted octanol–water partition coefficient (Wildman–Crippen LogP) is 2.68. The third-order valence-corrected chi connectivity index (χ3v) is 2.10. The number of pyridine rings is 1. The Morgan fingerprint density at radius 1 is 1.67 bits per heavy atom. The molecule has 0 aromatic carbocycles. The van der Waals surface area contributed by atoms with Gasteiger partial charge in [-0.2, -0.15) is 0 Å². The molecule has 0 radical (unpaired) electrons. The molecule has 1 aromatic rings. The lowest BCUT2D eigenvalue weighted by atomic mass is 10.1. The van der Waals surface area contributed by atoms with Gasteiger partial charge in [-0.1, -0.05) is 20.3 Å². The van der Waals surface area contributed by atoms with Gasteiger partial charge in [0.1, 0.15) is 0 Å². The molecule has 4 heteroatoms. The van der Waals surface area contributed by atoms with Gasteiger partial charge in [0.05, 0.1) is 18.5 Å². The third kappa shape index (κ3) is 4.44. The van der Waals surface area contributed by atoms with Gasteiger partial charge in [0.2, 0.25) is 0 Å². The molecule has 1 aromatic heterocycles. The minimum Gasteiger partial charge on any atom is -0.449 e. The molecule has 0 unspecified atom stereocenters. The van der Waals surface area contributed by atoms with Gasteiger partial charge < -0.3 is 4.74 Å². The summed E-state index contributed by atoms with van der Waals surface area (Å²) in [7, 11) is 0. The van der Waals surface area contributed by atoms with Crippen LogP contribution in [0.1, 0.15) is 20.3 Å². The van der Waals surface area contributed by atoms with E-state index in [0.717, 1.165) is 6.42 Å². The number of nitrogens with one attached hydrogen (secondary N) is 1. The molecule has 4 nitrogen and oxygen atoms in total. The van der Waals surface area contributed by atoms with Gasteiger partial charge in [0.25, 0.3) is 0 Å². The maximum Gasteiger partial charge on any atom is 0.411 e. The molecular formula is C11H16N2O2. The zero-order valence-corrected chi connectivity index (χ0v) is 9.06. The van der Waals surface area contributed by atoms with Crippen molar-refractivity contribution in [1.29, 1.82) is 0 Å². The topological polar surface area (TPSA) is 51.2 Å². The predicted molar refractivity (Wildman–Crippen MR) is 58.7 cm³/mol. The van der Waals surface area contributed by atoms with Crippen LogP contribution in [0.4, 0.5) is 10.5 Å². The summed E-state index contributed by atoms with van der Waals surface area (Å²) in [6.07, 6.45) is 3.80. The number of rotatable bonds is 4. The van der Waals surface area contributed by atoms with Gasteiger partial charge in [-0.25, -0.2) is 4.79 Å². The van der Waals surface area contributed by atoms with Crippen LogP contribution < -0.4 is 5.32 Å². The number of carbonyl (C=O) groups is 1. The van der Waals surface area contributed by atoms with Crippen molar-refractivity contribution in [2.45, 2.75) is 20.3 Å². The van der Waals surface area contributed by atoms with Crippen molar-refractivity contribution in [2.24, 2.45) is 5.92 Å². The Kier molecular flexibility index (Phi) is 4.60. The van der Waals surface area contributed by atoms with Crippen molar-refractivity contribution < 1.29 is 9.53 Å². The number of amides is 1. The number of nitrogens with zero attached hydrogens (tertiary/aromatic N) is 1. The van der Waals surface area contributed by atoms with E-state index in [9.17, 15) is 4.79 Å². The molecule has 15 heavy (non-hydrogen) atoms. The van der Waals surface area contributed by atoms with Crippen molar-refractivity contribution in [3.8, 4) is 0 Å². The van der Waals surface area contributed by atoms with E-state index in [0.29, 0.717) is 18.2 Å². The zero-order chi connectivity index (χ0) is 11.1. The number of hydrogen-bond acceptors (Lipinski definition) is 3. The van der Waals surface area contributed by atoms with Crippen molar-refractivity contribution in [3.05, 3.63) is 24.5 Å². The second-order valence-electron chi connectivity index (χ2n) is 3.48. The lowest BCUT2D eigenvalue weighted by Gasteiger charge is -2.10. The van der Waals surface area contributed by atoms with E-state index in [1.165, 1.54) is 0 Å². The Labute approximate surface area is 89.7 Å². The zero-order valence-electron chi connectivity index (χ0n) is 9.06. The molecule has 0 spiro atoms. The maximum atomic E-state index is 11.3. The molecule has 1 N–H and O–H groups in total. The number of carbonyl (C=O) groups excluding carboxylic acids is 1. The first-order chi connectivity index (χ1) is 7.22. The van der Waals surface area contributed by atoms with Crippen molar-refractivity contribution in [1.82, 2.24) is 4.98 Å². The van der Waals surface area contributed by atoms with E-state index in [2.05, 4.69) is 17.2 Å². The highest BCUT2D eigenvalue weighted by atomic mass is 16.5. The van der Waals surface area contributed by atoms with Gasteiger partial charge in [-0.15, -0.1) is 0 Å². The molecule has 1 amide bonds. The summed E-state index contributed by atoms with van der Waals surface area (Å²) in [6, 6.07) is 3.52. The largest absolute Gasteiger partial charge is 0.449 e. The van der Waals surface area contributed by atoms with Gasteiger partial charge >= 0.3 is 6.09 Å². The maximum absolute atomic E-state index is 11.3. The number of hydrogen-bond donors (Lipinski definition) is 1. The molecule has 0 saturated heterocycles. The van der Waals surface area contributed by atoms with Gasteiger partial charge in [-0.3, -0.25) is 10.3 Å². The van der Waals surface area contributed by atoms with Crippen LogP contribution in [0, 0.1) is 5.92 Å². The highest BCUT2D eigenvalue weighted by Gasteiger charge is 2.05. The first-order valence-corrected chi connectivity index (χ1v) is 5.06. The van der Waals surface area contributed by atoms with Gasteiger partial charge in [0, 0.05) is 6.20 Å². The molecule has 1 rings (SSSR count). The molecule has 0 fully saturated rings. The highest BCUT2D eigenvalue weighted by molar-refractivity contribution is 5.84. The Morgan fingerprint density at radius 3 is 3.07 bits per heavy atom. The Hall–Kier alpha value is -1.58. The number of ether oxygens (including phenoxy) is 1. The van der Waals surface area contributed by atoms with Crippen LogP contribution in [0.3, 0.4) is 0 Å². The minimum absolute atomic E-state index is 0.393.